The van der Waals surface area contributed by atoms with E-state index in [-0.39, 0.29) is 11.6 Å². The quantitative estimate of drug-likeness (QED) is 0.721. The number of carbonyl (C=O) groups is 1. The largest absolute Gasteiger partial charge is 0.397 e. The second-order valence-electron chi connectivity index (χ2n) is 5.04. The number of aromatic nitrogens is 1. The van der Waals surface area contributed by atoms with Crippen LogP contribution in [0.15, 0.2) is 30.3 Å². The molecule has 0 spiro atoms. The van der Waals surface area contributed by atoms with E-state index in [0.29, 0.717) is 38.3 Å². The van der Waals surface area contributed by atoms with Crippen molar-refractivity contribution in [2.75, 3.05) is 11.5 Å². The second kappa shape index (κ2) is 5.71. The number of anilines is 2. The van der Waals surface area contributed by atoms with Gasteiger partial charge in [0.2, 0.25) is 5.78 Å². The van der Waals surface area contributed by atoms with Gasteiger partial charge in [0.1, 0.15) is 21.6 Å². The third-order valence-corrected chi connectivity index (χ3v) is 4.81. The summed E-state index contributed by atoms with van der Waals surface area (Å²) < 4.78 is 0. The highest BCUT2D eigenvalue weighted by atomic mass is 32.1. The number of hydrogen-bond donors (Lipinski definition) is 2. The lowest BCUT2D eigenvalue weighted by Gasteiger charge is -2.06. The van der Waals surface area contributed by atoms with Crippen LogP contribution in [-0.2, 0) is 6.42 Å². The maximum absolute atomic E-state index is 12.7. The molecule has 23 heavy (non-hydrogen) atoms. The van der Waals surface area contributed by atoms with Crippen molar-refractivity contribution in [2.24, 2.45) is 0 Å². The number of nitriles is 1. The maximum Gasteiger partial charge on any atom is 0.205 e. The van der Waals surface area contributed by atoms with E-state index in [2.05, 4.69) is 11.1 Å². The number of aryl methyl sites for hydroxylation is 1. The molecule has 3 aromatic rings. The van der Waals surface area contributed by atoms with E-state index in [0.717, 1.165) is 5.56 Å². The topological polar surface area (TPSA) is 106 Å². The van der Waals surface area contributed by atoms with E-state index in [1.807, 2.05) is 13.0 Å². The Morgan fingerprint density at radius 1 is 1.30 bits per heavy atom. The molecule has 0 radical (unpaired) electrons. The van der Waals surface area contributed by atoms with Gasteiger partial charge in [0.25, 0.3) is 0 Å². The van der Waals surface area contributed by atoms with Gasteiger partial charge < -0.3 is 11.5 Å². The van der Waals surface area contributed by atoms with Crippen molar-refractivity contribution in [3.05, 3.63) is 51.9 Å². The van der Waals surface area contributed by atoms with Gasteiger partial charge in [-0.25, -0.2) is 4.98 Å². The predicted octanol–water partition coefficient (Wildman–Crippen LogP) is 3.13. The molecule has 0 saturated carbocycles. The highest BCUT2D eigenvalue weighted by Crippen LogP contribution is 2.38. The Bertz CT molecular complexity index is 954. The molecule has 1 aromatic carbocycles. The van der Waals surface area contributed by atoms with Gasteiger partial charge in [-0.1, -0.05) is 37.3 Å². The Hall–Kier alpha value is -2.91. The summed E-state index contributed by atoms with van der Waals surface area (Å²) in [5.74, 6) is 0.0297. The second-order valence-corrected chi connectivity index (χ2v) is 6.04. The summed E-state index contributed by atoms with van der Waals surface area (Å²) in [6.45, 7) is 1.92. The van der Waals surface area contributed by atoms with Crippen LogP contribution in [0.1, 0.15) is 33.3 Å². The predicted molar refractivity (Wildman–Crippen MR) is 92.4 cm³/mol. The van der Waals surface area contributed by atoms with Crippen molar-refractivity contribution in [3.8, 4) is 6.07 Å². The SMILES string of the molecule is CCc1c(C#N)c(N)nc2sc(C(=O)c3ccccc3)c(N)c12. The summed E-state index contributed by atoms with van der Waals surface area (Å²) in [7, 11) is 0. The van der Waals surface area contributed by atoms with Crippen molar-refractivity contribution in [2.45, 2.75) is 13.3 Å². The number of rotatable bonds is 3. The minimum absolute atomic E-state index is 0.148. The molecule has 6 heteroatoms. The lowest BCUT2D eigenvalue weighted by Crippen LogP contribution is -2.03. The van der Waals surface area contributed by atoms with Crippen molar-refractivity contribution in [1.82, 2.24) is 4.98 Å². The third-order valence-electron chi connectivity index (χ3n) is 3.72. The van der Waals surface area contributed by atoms with Gasteiger partial charge in [0, 0.05) is 10.9 Å². The summed E-state index contributed by atoms with van der Waals surface area (Å²) in [6.07, 6.45) is 0.589. The first-order valence-corrected chi connectivity index (χ1v) is 7.90. The fraction of sp³-hybridized carbons (Fsp3) is 0.118. The third kappa shape index (κ3) is 2.31. The van der Waals surface area contributed by atoms with Crippen LogP contribution in [0.2, 0.25) is 0 Å². The number of nitrogen functional groups attached to an aromatic ring is 2. The zero-order chi connectivity index (χ0) is 16.6. The molecule has 0 bridgehead atoms. The van der Waals surface area contributed by atoms with Crippen molar-refractivity contribution < 1.29 is 4.79 Å². The van der Waals surface area contributed by atoms with E-state index in [4.69, 9.17) is 11.5 Å². The lowest BCUT2D eigenvalue weighted by molar-refractivity contribution is 0.104. The fourth-order valence-electron chi connectivity index (χ4n) is 2.61. The molecule has 0 aliphatic rings. The molecule has 0 saturated heterocycles. The number of pyridine rings is 1. The number of fused-ring (bicyclic) bond motifs is 1. The van der Waals surface area contributed by atoms with Crippen molar-refractivity contribution >= 4 is 38.8 Å². The smallest absolute Gasteiger partial charge is 0.205 e. The zero-order valence-electron chi connectivity index (χ0n) is 12.5. The molecule has 2 aromatic heterocycles. The first-order chi connectivity index (χ1) is 11.1. The van der Waals surface area contributed by atoms with Gasteiger partial charge in [-0.05, 0) is 12.0 Å². The van der Waals surface area contributed by atoms with Crippen LogP contribution >= 0.6 is 11.3 Å². The Kier molecular flexibility index (Phi) is 3.72. The molecule has 0 amide bonds. The van der Waals surface area contributed by atoms with Gasteiger partial charge >= 0.3 is 0 Å². The standard InChI is InChI=1S/C17H14N4OS/c1-2-10-11(8-18)16(20)21-17-12(10)13(19)15(23-17)14(22)9-6-4-3-5-7-9/h3-7H,2,19H2,1H3,(H2,20,21). The molecule has 4 N–H and O–H groups in total. The van der Waals surface area contributed by atoms with Gasteiger partial charge in [0.05, 0.1) is 11.3 Å². The van der Waals surface area contributed by atoms with Crippen LogP contribution in [-0.4, -0.2) is 10.8 Å². The van der Waals surface area contributed by atoms with Gasteiger partial charge in [-0.15, -0.1) is 11.3 Å². The number of thiophene rings is 1. The summed E-state index contributed by atoms with van der Waals surface area (Å²) >= 11 is 1.21. The minimum Gasteiger partial charge on any atom is -0.397 e. The number of nitrogens with two attached hydrogens (primary N) is 2. The molecule has 114 valence electrons. The number of nitrogens with zero attached hydrogens (tertiary/aromatic N) is 2. The van der Waals surface area contributed by atoms with E-state index in [1.54, 1.807) is 24.3 Å². The number of ketones is 1. The summed E-state index contributed by atoms with van der Waals surface area (Å²) in [5.41, 5.74) is 14.1. The Morgan fingerprint density at radius 2 is 2.00 bits per heavy atom. The Labute approximate surface area is 137 Å². The number of carbonyl (C=O) groups excluding carboxylic acids is 1. The number of hydrogen-bond acceptors (Lipinski definition) is 6. The average molecular weight is 322 g/mol. The summed E-state index contributed by atoms with van der Waals surface area (Å²) in [6, 6.07) is 11.0. The number of benzene rings is 1. The van der Waals surface area contributed by atoms with Gasteiger partial charge in [-0.3, -0.25) is 4.79 Å². The van der Waals surface area contributed by atoms with E-state index >= 15 is 0 Å². The monoisotopic (exact) mass is 322 g/mol. The first kappa shape index (κ1) is 15.0. The maximum atomic E-state index is 12.7. The Morgan fingerprint density at radius 3 is 2.61 bits per heavy atom. The molecule has 0 unspecified atom stereocenters. The fourth-order valence-corrected chi connectivity index (χ4v) is 3.71. The molecule has 0 aliphatic heterocycles. The molecule has 0 aliphatic carbocycles. The zero-order valence-corrected chi connectivity index (χ0v) is 13.3. The molecule has 3 rings (SSSR count). The normalized spacial score (nSPS) is 10.6. The highest BCUT2D eigenvalue weighted by Gasteiger charge is 2.23. The van der Waals surface area contributed by atoms with Gasteiger partial charge in [0.15, 0.2) is 0 Å². The van der Waals surface area contributed by atoms with Crippen LogP contribution in [0, 0.1) is 11.3 Å². The molecule has 0 atom stereocenters. The minimum atomic E-state index is -0.148. The van der Waals surface area contributed by atoms with Crippen LogP contribution in [0.25, 0.3) is 10.2 Å². The van der Waals surface area contributed by atoms with Gasteiger partial charge in [-0.2, -0.15) is 5.26 Å². The van der Waals surface area contributed by atoms with E-state index in [1.165, 1.54) is 11.3 Å². The van der Waals surface area contributed by atoms with Crippen LogP contribution in [0.5, 0.6) is 0 Å². The average Bonchev–Trinajstić information content (AvgIpc) is 2.90. The molecular formula is C17H14N4OS. The van der Waals surface area contributed by atoms with Crippen molar-refractivity contribution in [3.63, 3.8) is 0 Å². The van der Waals surface area contributed by atoms with E-state index in [9.17, 15) is 10.1 Å². The van der Waals surface area contributed by atoms with Crippen molar-refractivity contribution in [1.29, 1.82) is 5.26 Å². The molecular weight excluding hydrogens is 308 g/mol. The Balaban J connectivity index is 2.28. The highest BCUT2D eigenvalue weighted by molar-refractivity contribution is 7.21. The van der Waals surface area contributed by atoms with Crippen LogP contribution in [0.4, 0.5) is 11.5 Å². The molecule has 5 nitrogen and oxygen atoms in total. The molecule has 0 fully saturated rings. The summed E-state index contributed by atoms with van der Waals surface area (Å²) in [4.78, 5) is 18.0. The van der Waals surface area contributed by atoms with E-state index < -0.39 is 0 Å². The summed E-state index contributed by atoms with van der Waals surface area (Å²) in [5, 5.41) is 9.97. The molecule has 2 heterocycles. The van der Waals surface area contributed by atoms with Crippen LogP contribution < -0.4 is 11.5 Å². The van der Waals surface area contributed by atoms with Crippen LogP contribution in [0.3, 0.4) is 0 Å². The lowest BCUT2D eigenvalue weighted by atomic mass is 10.0. The first-order valence-electron chi connectivity index (χ1n) is 7.08.